The molecule has 0 aromatic rings. The number of ether oxygens (including phenoxy) is 2. The second kappa shape index (κ2) is 8.16. The second-order valence-electron chi connectivity index (χ2n) is 2.77. The summed E-state index contributed by atoms with van der Waals surface area (Å²) in [6.07, 6.45) is -0.652. The zero-order chi connectivity index (χ0) is 11.7. The molecule has 0 aromatic carbocycles. The van der Waals surface area contributed by atoms with Gasteiger partial charge < -0.3 is 26.3 Å². The van der Waals surface area contributed by atoms with Crippen molar-refractivity contribution in [1.82, 2.24) is 5.32 Å². The third-order valence-corrected chi connectivity index (χ3v) is 1.58. The summed E-state index contributed by atoms with van der Waals surface area (Å²) in [7, 11) is 1.40. The molecule has 0 saturated carbocycles. The van der Waals surface area contributed by atoms with E-state index >= 15 is 0 Å². The highest BCUT2D eigenvalue weighted by Gasteiger charge is 2.14. The van der Waals surface area contributed by atoms with Crippen molar-refractivity contribution in [2.45, 2.75) is 6.10 Å². The highest BCUT2D eigenvalue weighted by Crippen LogP contribution is 1.86. The number of carbonyl (C=O) groups excluding carboxylic acids is 2. The van der Waals surface area contributed by atoms with Crippen LogP contribution in [0.15, 0.2) is 0 Å². The number of nitrogens with two attached hydrogens (primary N) is 2. The molecular formula is C8H17N3O4. The minimum absolute atomic E-state index is 0.116. The minimum Gasteiger partial charge on any atom is -0.370 e. The molecule has 0 aromatic heterocycles. The lowest BCUT2D eigenvalue weighted by molar-refractivity contribution is -0.130. The van der Waals surface area contributed by atoms with Crippen LogP contribution in [0, 0.1) is 0 Å². The Balaban J connectivity index is 3.50. The molecule has 2 amide bonds. The molecule has 0 bridgehead atoms. The van der Waals surface area contributed by atoms with Gasteiger partial charge in [0.25, 0.3) is 5.91 Å². The van der Waals surface area contributed by atoms with Crippen LogP contribution in [0.2, 0.25) is 0 Å². The van der Waals surface area contributed by atoms with Gasteiger partial charge >= 0.3 is 0 Å². The predicted molar refractivity (Wildman–Crippen MR) is 52.9 cm³/mol. The molecule has 1 atom stereocenters. The number of carbonyl (C=O) groups is 2. The zero-order valence-electron chi connectivity index (χ0n) is 8.69. The van der Waals surface area contributed by atoms with E-state index in [9.17, 15) is 9.59 Å². The molecule has 0 spiro atoms. The lowest BCUT2D eigenvalue weighted by Crippen LogP contribution is -2.41. The zero-order valence-corrected chi connectivity index (χ0v) is 8.69. The number of methoxy groups -OCH3 is 1. The Morgan fingerprint density at radius 3 is 2.60 bits per heavy atom. The van der Waals surface area contributed by atoms with E-state index in [-0.39, 0.29) is 32.2 Å². The van der Waals surface area contributed by atoms with Gasteiger partial charge in [-0.15, -0.1) is 0 Å². The number of hydrogen-bond donors (Lipinski definition) is 3. The molecule has 0 aliphatic rings. The summed E-state index contributed by atoms with van der Waals surface area (Å²) in [4.78, 5) is 21.5. The summed E-state index contributed by atoms with van der Waals surface area (Å²) >= 11 is 0. The quantitative estimate of drug-likeness (QED) is 0.393. The number of primary amides is 1. The van der Waals surface area contributed by atoms with Crippen LogP contribution < -0.4 is 16.8 Å². The van der Waals surface area contributed by atoms with Gasteiger partial charge in [-0.2, -0.15) is 0 Å². The van der Waals surface area contributed by atoms with Crippen molar-refractivity contribution < 1.29 is 19.1 Å². The van der Waals surface area contributed by atoms with Crippen LogP contribution in [0.5, 0.6) is 0 Å². The van der Waals surface area contributed by atoms with E-state index in [1.54, 1.807) is 0 Å². The molecule has 5 N–H and O–H groups in total. The van der Waals surface area contributed by atoms with Crippen molar-refractivity contribution in [3.63, 3.8) is 0 Å². The van der Waals surface area contributed by atoms with Crippen LogP contribution in [0.25, 0.3) is 0 Å². The summed E-state index contributed by atoms with van der Waals surface area (Å²) in [5, 5.41) is 2.54. The van der Waals surface area contributed by atoms with Gasteiger partial charge in [-0.05, 0) is 0 Å². The van der Waals surface area contributed by atoms with Crippen LogP contribution in [0.1, 0.15) is 0 Å². The van der Waals surface area contributed by atoms with Crippen molar-refractivity contribution in [3.05, 3.63) is 0 Å². The number of nitrogens with one attached hydrogen (secondary N) is 1. The molecule has 0 fully saturated rings. The van der Waals surface area contributed by atoms with Gasteiger partial charge in [-0.25, -0.2) is 0 Å². The van der Waals surface area contributed by atoms with Crippen molar-refractivity contribution >= 4 is 11.8 Å². The molecule has 0 saturated heterocycles. The van der Waals surface area contributed by atoms with E-state index < -0.39 is 12.0 Å². The second-order valence-corrected chi connectivity index (χ2v) is 2.77. The van der Waals surface area contributed by atoms with Gasteiger partial charge in [-0.1, -0.05) is 0 Å². The van der Waals surface area contributed by atoms with Crippen LogP contribution >= 0.6 is 0 Å². The largest absolute Gasteiger partial charge is 0.370 e. The minimum atomic E-state index is -0.652. The fraction of sp³-hybridized carbons (Fsp3) is 0.750. The molecule has 7 heteroatoms. The summed E-state index contributed by atoms with van der Waals surface area (Å²) in [5.41, 5.74) is 10.1. The van der Waals surface area contributed by atoms with E-state index in [4.69, 9.17) is 20.9 Å². The fourth-order valence-electron chi connectivity index (χ4n) is 0.843. The van der Waals surface area contributed by atoms with Crippen molar-refractivity contribution in [2.24, 2.45) is 11.5 Å². The molecule has 0 aliphatic heterocycles. The Kier molecular flexibility index (Phi) is 7.51. The normalized spacial score (nSPS) is 12.1. The highest BCUT2D eigenvalue weighted by molar-refractivity contribution is 5.80. The molecule has 0 heterocycles. The first kappa shape index (κ1) is 13.8. The first-order valence-corrected chi connectivity index (χ1v) is 4.48. The van der Waals surface area contributed by atoms with Crippen molar-refractivity contribution in [2.75, 3.05) is 33.4 Å². The number of amides is 2. The fourth-order valence-corrected chi connectivity index (χ4v) is 0.843. The molecular weight excluding hydrogens is 202 g/mol. The lowest BCUT2D eigenvalue weighted by Gasteiger charge is -2.12. The summed E-state index contributed by atoms with van der Waals surface area (Å²) in [5.74, 6) is -0.847. The maximum absolute atomic E-state index is 11.2. The number of hydrogen-bond acceptors (Lipinski definition) is 5. The van der Waals surface area contributed by atoms with Crippen LogP contribution in [-0.2, 0) is 19.1 Å². The molecule has 1 unspecified atom stereocenters. The van der Waals surface area contributed by atoms with Crippen molar-refractivity contribution in [1.29, 1.82) is 0 Å². The maximum atomic E-state index is 11.2. The van der Waals surface area contributed by atoms with E-state index in [1.165, 1.54) is 7.11 Å². The maximum Gasteiger partial charge on any atom is 0.250 e. The Labute approximate surface area is 88.1 Å². The average Bonchev–Trinajstić information content (AvgIpc) is 2.18. The average molecular weight is 219 g/mol. The first-order chi connectivity index (χ1) is 7.11. The highest BCUT2D eigenvalue weighted by atomic mass is 16.5. The van der Waals surface area contributed by atoms with E-state index in [1.807, 2.05) is 0 Å². The third-order valence-electron chi connectivity index (χ3n) is 1.58. The molecule has 0 aliphatic carbocycles. The molecule has 7 nitrogen and oxygen atoms in total. The lowest BCUT2D eigenvalue weighted by atomic mass is 10.3. The number of rotatable bonds is 8. The van der Waals surface area contributed by atoms with Gasteiger partial charge in [0.2, 0.25) is 5.91 Å². The summed E-state index contributed by atoms with van der Waals surface area (Å²) in [6, 6.07) is 0. The van der Waals surface area contributed by atoms with Crippen LogP contribution in [0.3, 0.4) is 0 Å². The predicted octanol–water partition coefficient (Wildman–Crippen LogP) is -2.42. The molecule has 0 rings (SSSR count). The van der Waals surface area contributed by atoms with Gasteiger partial charge in [0.15, 0.2) is 0 Å². The van der Waals surface area contributed by atoms with Crippen molar-refractivity contribution in [3.8, 4) is 0 Å². The van der Waals surface area contributed by atoms with Crippen LogP contribution in [-0.4, -0.2) is 51.3 Å². The summed E-state index contributed by atoms with van der Waals surface area (Å²) in [6.45, 7) is 0.465. The van der Waals surface area contributed by atoms with Gasteiger partial charge in [-0.3, -0.25) is 9.59 Å². The van der Waals surface area contributed by atoms with Gasteiger partial charge in [0.1, 0.15) is 12.7 Å². The Bertz CT molecular complexity index is 206. The Morgan fingerprint density at radius 1 is 1.47 bits per heavy atom. The third kappa shape index (κ3) is 6.83. The standard InChI is InChI=1S/C8H17N3O4/c1-14-6(4-9)8(13)11-2-3-15-5-7(10)12/h6H,2-5,9H2,1H3,(H2,10,12)(H,11,13). The van der Waals surface area contributed by atoms with E-state index in [0.717, 1.165) is 0 Å². The SMILES string of the molecule is COC(CN)C(=O)NCCOCC(N)=O. The van der Waals surface area contributed by atoms with Gasteiger partial charge in [0.05, 0.1) is 6.61 Å². The first-order valence-electron chi connectivity index (χ1n) is 4.48. The van der Waals surface area contributed by atoms with Crippen LogP contribution in [0.4, 0.5) is 0 Å². The smallest absolute Gasteiger partial charge is 0.250 e. The van der Waals surface area contributed by atoms with E-state index in [2.05, 4.69) is 5.32 Å². The monoisotopic (exact) mass is 219 g/mol. The topological polar surface area (TPSA) is 117 Å². The molecule has 15 heavy (non-hydrogen) atoms. The van der Waals surface area contributed by atoms with Gasteiger partial charge in [0, 0.05) is 20.2 Å². The Morgan fingerprint density at radius 2 is 2.13 bits per heavy atom. The molecule has 0 radical (unpaired) electrons. The Hall–Kier alpha value is -1.18. The van der Waals surface area contributed by atoms with E-state index in [0.29, 0.717) is 0 Å². The molecule has 88 valence electrons. The summed E-state index contributed by atoms with van der Waals surface area (Å²) < 4.78 is 9.64.